The Morgan fingerprint density at radius 1 is 0.947 bits per heavy atom. The Bertz CT molecular complexity index is 1700. The van der Waals surface area contributed by atoms with Crippen LogP contribution in [0.25, 0.3) is 33.3 Å². The zero-order valence-electron chi connectivity index (χ0n) is 20.9. The fraction of sp³-hybridized carbons (Fsp3) is 0.214. The van der Waals surface area contributed by atoms with Crippen molar-refractivity contribution in [3.63, 3.8) is 0 Å². The Morgan fingerprint density at radius 3 is 2.47 bits per heavy atom. The quantitative estimate of drug-likeness (QED) is 0.353. The Kier molecular flexibility index (Phi) is 6.21. The van der Waals surface area contributed by atoms with E-state index in [9.17, 15) is 12.8 Å². The van der Waals surface area contributed by atoms with Crippen LogP contribution in [0.1, 0.15) is 5.56 Å². The number of piperazine rings is 1. The summed E-state index contributed by atoms with van der Waals surface area (Å²) in [5, 5.41) is 5.47. The highest BCUT2D eigenvalue weighted by Crippen LogP contribution is 2.32. The first-order valence-electron chi connectivity index (χ1n) is 12.4. The maximum absolute atomic E-state index is 13.6. The lowest BCUT2D eigenvalue weighted by atomic mass is 10.0. The first-order chi connectivity index (χ1) is 18.3. The van der Waals surface area contributed by atoms with Crippen LogP contribution < -0.4 is 4.90 Å². The third kappa shape index (κ3) is 4.92. The zero-order valence-corrected chi connectivity index (χ0v) is 21.7. The molecule has 3 aromatic heterocycles. The van der Waals surface area contributed by atoms with Gasteiger partial charge in [0.1, 0.15) is 11.5 Å². The molecule has 194 valence electrons. The smallest absolute Gasteiger partial charge is 0.211 e. The van der Waals surface area contributed by atoms with Crippen molar-refractivity contribution in [2.75, 3.05) is 37.3 Å². The van der Waals surface area contributed by atoms with Gasteiger partial charge in [0, 0.05) is 72.5 Å². The lowest BCUT2D eigenvalue weighted by Gasteiger charge is -2.34. The number of nitrogens with one attached hydrogen (secondary N) is 1. The van der Waals surface area contributed by atoms with Crippen LogP contribution in [0, 0.1) is 5.82 Å². The van der Waals surface area contributed by atoms with Crippen molar-refractivity contribution in [3.05, 3.63) is 90.8 Å². The van der Waals surface area contributed by atoms with Gasteiger partial charge in [-0.15, -0.1) is 0 Å². The number of sulfonamides is 1. The van der Waals surface area contributed by atoms with Gasteiger partial charge in [0.2, 0.25) is 10.0 Å². The molecule has 0 atom stereocenters. The van der Waals surface area contributed by atoms with Crippen LogP contribution in [0.4, 0.5) is 10.1 Å². The number of nitrogens with zero attached hydrogens (tertiary/aromatic N) is 5. The van der Waals surface area contributed by atoms with E-state index >= 15 is 0 Å². The van der Waals surface area contributed by atoms with E-state index in [1.54, 1.807) is 10.7 Å². The molecular formula is C28H27FN6O2S. The molecule has 0 unspecified atom stereocenters. The average Bonchev–Trinajstić information content (AvgIpc) is 3.55. The molecule has 0 spiro atoms. The van der Waals surface area contributed by atoms with Gasteiger partial charge in [0.25, 0.3) is 0 Å². The van der Waals surface area contributed by atoms with Crippen molar-refractivity contribution in [1.29, 1.82) is 0 Å². The number of hydrogen-bond acceptors (Lipinski definition) is 5. The maximum atomic E-state index is 13.6. The summed E-state index contributed by atoms with van der Waals surface area (Å²) in [7, 11) is -3.15. The fourth-order valence-corrected chi connectivity index (χ4v) is 5.78. The molecule has 0 radical (unpaired) electrons. The number of pyridine rings is 1. The van der Waals surface area contributed by atoms with E-state index in [0.29, 0.717) is 32.7 Å². The summed E-state index contributed by atoms with van der Waals surface area (Å²) < 4.78 is 40.5. The number of fused-ring (bicyclic) bond motifs is 1. The molecule has 38 heavy (non-hydrogen) atoms. The van der Waals surface area contributed by atoms with Gasteiger partial charge in [-0.25, -0.2) is 17.8 Å². The normalized spacial score (nSPS) is 14.8. The second-order valence-corrected chi connectivity index (χ2v) is 11.6. The van der Waals surface area contributed by atoms with Crippen molar-refractivity contribution in [2.24, 2.45) is 0 Å². The molecule has 0 aliphatic carbocycles. The van der Waals surface area contributed by atoms with E-state index in [1.165, 1.54) is 22.7 Å². The van der Waals surface area contributed by atoms with Gasteiger partial charge in [0.15, 0.2) is 0 Å². The van der Waals surface area contributed by atoms with Crippen molar-refractivity contribution < 1.29 is 12.8 Å². The number of halogens is 1. The summed E-state index contributed by atoms with van der Waals surface area (Å²) in [6, 6.07) is 17.0. The highest BCUT2D eigenvalue weighted by atomic mass is 32.2. The predicted octanol–water partition coefficient (Wildman–Crippen LogP) is 4.36. The van der Waals surface area contributed by atoms with Crippen molar-refractivity contribution >= 4 is 26.7 Å². The third-order valence-electron chi connectivity index (χ3n) is 6.98. The molecule has 6 rings (SSSR count). The van der Waals surface area contributed by atoms with Crippen molar-refractivity contribution in [2.45, 2.75) is 6.54 Å². The molecule has 1 aliphatic rings. The number of hydrogen-bond donors (Lipinski definition) is 1. The van der Waals surface area contributed by atoms with Crippen LogP contribution in [0.5, 0.6) is 0 Å². The standard InChI is InChI=1S/C28H27FN6O2S/c1-38(36,37)35-11-9-33(10-12-35)25-7-5-21(6-8-25)22-14-26-27(17-31-28(26)30-15-22)23-16-32-34(19-23)18-20-3-2-4-24(29)13-20/h2-8,13-17,19H,9-12,18H2,1H3,(H,30,31). The third-order valence-corrected chi connectivity index (χ3v) is 8.29. The first-order valence-corrected chi connectivity index (χ1v) is 14.2. The van der Waals surface area contributed by atoms with E-state index < -0.39 is 10.0 Å². The van der Waals surface area contributed by atoms with Gasteiger partial charge in [-0.1, -0.05) is 24.3 Å². The minimum Gasteiger partial charge on any atom is -0.369 e. The molecule has 0 amide bonds. The molecule has 1 N–H and O–H groups in total. The van der Waals surface area contributed by atoms with Gasteiger partial charge in [-0.3, -0.25) is 4.68 Å². The van der Waals surface area contributed by atoms with Crippen molar-refractivity contribution in [3.8, 4) is 22.3 Å². The summed E-state index contributed by atoms with van der Waals surface area (Å²) >= 11 is 0. The van der Waals surface area contributed by atoms with E-state index in [4.69, 9.17) is 0 Å². The maximum Gasteiger partial charge on any atom is 0.211 e. The largest absolute Gasteiger partial charge is 0.369 e. The molecule has 5 aromatic rings. The lowest BCUT2D eigenvalue weighted by Crippen LogP contribution is -2.48. The molecular weight excluding hydrogens is 503 g/mol. The Morgan fingerprint density at radius 2 is 1.74 bits per heavy atom. The lowest BCUT2D eigenvalue weighted by molar-refractivity contribution is 0.388. The number of benzene rings is 2. The van der Waals surface area contributed by atoms with Crippen LogP contribution in [0.2, 0.25) is 0 Å². The van der Waals surface area contributed by atoms with Crippen LogP contribution in [-0.2, 0) is 16.6 Å². The van der Waals surface area contributed by atoms with Crippen LogP contribution in [0.3, 0.4) is 0 Å². The Balaban J connectivity index is 1.21. The minimum atomic E-state index is -3.15. The van der Waals surface area contributed by atoms with Gasteiger partial charge in [-0.2, -0.15) is 9.40 Å². The summed E-state index contributed by atoms with van der Waals surface area (Å²) in [6.07, 6.45) is 8.82. The molecule has 2 aromatic carbocycles. The molecule has 8 nitrogen and oxygen atoms in total. The van der Waals surface area contributed by atoms with Gasteiger partial charge in [0.05, 0.1) is 19.0 Å². The fourth-order valence-electron chi connectivity index (χ4n) is 4.95. The summed E-state index contributed by atoms with van der Waals surface area (Å²) in [4.78, 5) is 10.1. The molecule has 0 saturated carbocycles. The Hall–Kier alpha value is -4.02. The molecule has 10 heteroatoms. The number of rotatable bonds is 6. The molecule has 4 heterocycles. The second-order valence-electron chi connectivity index (χ2n) is 9.57. The highest BCUT2D eigenvalue weighted by Gasteiger charge is 2.23. The first kappa shape index (κ1) is 24.3. The molecule has 1 fully saturated rings. The van der Waals surface area contributed by atoms with Crippen LogP contribution in [-0.4, -0.2) is 64.9 Å². The monoisotopic (exact) mass is 530 g/mol. The molecule has 1 saturated heterocycles. The average molecular weight is 531 g/mol. The number of aromatic nitrogens is 4. The van der Waals surface area contributed by atoms with E-state index in [0.717, 1.165) is 44.5 Å². The van der Waals surface area contributed by atoms with Gasteiger partial charge >= 0.3 is 0 Å². The van der Waals surface area contributed by atoms with Crippen LogP contribution >= 0.6 is 0 Å². The second kappa shape index (κ2) is 9.70. The topological polar surface area (TPSA) is 87.1 Å². The summed E-state index contributed by atoms with van der Waals surface area (Å²) in [5.74, 6) is -0.257. The van der Waals surface area contributed by atoms with Crippen LogP contribution in [0.15, 0.2) is 79.4 Å². The number of anilines is 1. The van der Waals surface area contributed by atoms with Gasteiger partial charge < -0.3 is 9.88 Å². The molecule has 1 aliphatic heterocycles. The zero-order chi connectivity index (χ0) is 26.3. The van der Waals surface area contributed by atoms with Crippen molar-refractivity contribution in [1.82, 2.24) is 24.1 Å². The predicted molar refractivity (Wildman–Crippen MR) is 147 cm³/mol. The minimum absolute atomic E-state index is 0.257. The summed E-state index contributed by atoms with van der Waals surface area (Å²) in [5.41, 5.74) is 6.72. The highest BCUT2D eigenvalue weighted by molar-refractivity contribution is 7.88. The van der Waals surface area contributed by atoms with E-state index in [-0.39, 0.29) is 5.82 Å². The number of H-pyrrole nitrogens is 1. The molecule has 0 bridgehead atoms. The Labute approximate surface area is 220 Å². The SMILES string of the molecule is CS(=O)(=O)N1CCN(c2ccc(-c3cnc4[nH]cc(-c5cnn(Cc6cccc(F)c6)c5)c4c3)cc2)CC1. The summed E-state index contributed by atoms with van der Waals surface area (Å²) in [6.45, 7) is 2.81. The van der Waals surface area contributed by atoms with E-state index in [1.807, 2.05) is 30.9 Å². The number of aromatic amines is 1. The van der Waals surface area contributed by atoms with E-state index in [2.05, 4.69) is 50.3 Å². The van der Waals surface area contributed by atoms with Gasteiger partial charge in [-0.05, 0) is 41.5 Å².